The first kappa shape index (κ1) is 17.5. The fourth-order valence-electron chi connectivity index (χ4n) is 2.89. The van der Waals surface area contributed by atoms with E-state index < -0.39 is 0 Å². The van der Waals surface area contributed by atoms with Gasteiger partial charge in [-0.2, -0.15) is 0 Å². The number of rotatable bonds is 3. The zero-order valence-corrected chi connectivity index (χ0v) is 14.0. The fourth-order valence-corrected chi connectivity index (χ4v) is 2.89. The summed E-state index contributed by atoms with van der Waals surface area (Å²) < 4.78 is 0. The van der Waals surface area contributed by atoms with Crippen LogP contribution in [0.5, 0.6) is 0 Å². The maximum Gasteiger partial charge on any atom is 0.0233 e. The lowest BCUT2D eigenvalue weighted by Crippen LogP contribution is -2.52. The molecule has 1 saturated heterocycles. The molecule has 1 aliphatic heterocycles. The molecule has 0 bridgehead atoms. The van der Waals surface area contributed by atoms with E-state index in [1.807, 2.05) is 0 Å². The van der Waals surface area contributed by atoms with Crippen LogP contribution in [0, 0.1) is 5.41 Å². The van der Waals surface area contributed by atoms with Gasteiger partial charge >= 0.3 is 0 Å². The summed E-state index contributed by atoms with van der Waals surface area (Å²) in [5, 5.41) is 0. The smallest absolute Gasteiger partial charge is 0.0233 e. The molecule has 1 aliphatic rings. The van der Waals surface area contributed by atoms with Crippen LogP contribution in [-0.2, 0) is 6.54 Å². The maximum atomic E-state index is 6.19. The van der Waals surface area contributed by atoms with E-state index in [4.69, 9.17) is 5.73 Å². The maximum absolute atomic E-state index is 6.19. The van der Waals surface area contributed by atoms with Gasteiger partial charge in [-0.05, 0) is 28.9 Å². The Morgan fingerprint density at radius 1 is 1.25 bits per heavy atom. The Hall–Kier alpha value is -0.570. The van der Waals surface area contributed by atoms with Crippen LogP contribution in [0.2, 0.25) is 0 Å². The van der Waals surface area contributed by atoms with E-state index in [1.54, 1.807) is 0 Å². The SMILES string of the molecule is CC(C)c1ccc(CN2CCC(N)C(C)(C)C2)cc1.Cl. The molecule has 1 heterocycles. The van der Waals surface area contributed by atoms with Crippen LogP contribution in [0.3, 0.4) is 0 Å². The first-order valence-electron chi connectivity index (χ1n) is 7.45. The summed E-state index contributed by atoms with van der Waals surface area (Å²) in [4.78, 5) is 2.54. The zero-order chi connectivity index (χ0) is 14.0. The second-order valence-corrected chi connectivity index (χ2v) is 6.99. The van der Waals surface area contributed by atoms with E-state index >= 15 is 0 Å². The minimum atomic E-state index is 0. The Kier molecular flexibility index (Phi) is 6.06. The molecule has 0 aliphatic carbocycles. The molecule has 0 spiro atoms. The van der Waals surface area contributed by atoms with E-state index in [-0.39, 0.29) is 17.8 Å². The molecular formula is C17H29ClN2. The Balaban J connectivity index is 0.00000200. The van der Waals surface area contributed by atoms with Crippen molar-refractivity contribution < 1.29 is 0 Å². The van der Waals surface area contributed by atoms with Crippen molar-refractivity contribution in [1.82, 2.24) is 4.90 Å². The molecule has 2 nitrogen and oxygen atoms in total. The molecule has 1 fully saturated rings. The summed E-state index contributed by atoms with van der Waals surface area (Å²) >= 11 is 0. The standard InChI is InChI=1S/C17H28N2.ClH/c1-13(2)15-7-5-14(6-8-15)11-19-10-9-16(18)17(3,4)12-19;/h5-8,13,16H,9-12,18H2,1-4H3;1H. The van der Waals surface area contributed by atoms with Crippen LogP contribution in [-0.4, -0.2) is 24.0 Å². The Morgan fingerprint density at radius 2 is 1.85 bits per heavy atom. The van der Waals surface area contributed by atoms with Crippen molar-refractivity contribution >= 4 is 12.4 Å². The van der Waals surface area contributed by atoms with Gasteiger partial charge in [-0.1, -0.05) is 52.0 Å². The van der Waals surface area contributed by atoms with E-state index in [0.717, 1.165) is 26.1 Å². The summed E-state index contributed by atoms with van der Waals surface area (Å²) in [6.07, 6.45) is 1.11. The van der Waals surface area contributed by atoms with Gasteiger partial charge in [0.1, 0.15) is 0 Å². The molecule has 0 saturated carbocycles. The van der Waals surface area contributed by atoms with E-state index in [0.29, 0.717) is 12.0 Å². The number of piperidine rings is 1. The number of hydrogen-bond donors (Lipinski definition) is 1. The van der Waals surface area contributed by atoms with Crippen LogP contribution in [0.4, 0.5) is 0 Å². The molecule has 3 heteroatoms. The van der Waals surface area contributed by atoms with E-state index in [9.17, 15) is 0 Å². The van der Waals surface area contributed by atoms with Gasteiger partial charge in [0.2, 0.25) is 0 Å². The monoisotopic (exact) mass is 296 g/mol. The first-order valence-corrected chi connectivity index (χ1v) is 7.45. The lowest BCUT2D eigenvalue weighted by Gasteiger charge is -2.42. The predicted octanol–water partition coefficient (Wildman–Crippen LogP) is 3.79. The van der Waals surface area contributed by atoms with Crippen molar-refractivity contribution in [3.63, 3.8) is 0 Å². The second kappa shape index (κ2) is 6.93. The third kappa shape index (κ3) is 4.21. The van der Waals surface area contributed by atoms with E-state index in [2.05, 4.69) is 56.9 Å². The lowest BCUT2D eigenvalue weighted by atomic mass is 9.79. The van der Waals surface area contributed by atoms with Gasteiger partial charge in [0.25, 0.3) is 0 Å². The molecule has 2 rings (SSSR count). The topological polar surface area (TPSA) is 29.3 Å². The third-order valence-electron chi connectivity index (χ3n) is 4.44. The average molecular weight is 297 g/mol. The molecule has 0 amide bonds. The van der Waals surface area contributed by atoms with Crippen molar-refractivity contribution in [2.75, 3.05) is 13.1 Å². The Morgan fingerprint density at radius 3 is 2.35 bits per heavy atom. The van der Waals surface area contributed by atoms with Gasteiger partial charge in [-0.15, -0.1) is 12.4 Å². The fraction of sp³-hybridized carbons (Fsp3) is 0.647. The van der Waals surface area contributed by atoms with E-state index in [1.165, 1.54) is 11.1 Å². The molecule has 1 aromatic rings. The second-order valence-electron chi connectivity index (χ2n) is 6.99. The molecule has 1 unspecified atom stereocenters. The molecule has 0 aromatic heterocycles. The number of hydrogen-bond acceptors (Lipinski definition) is 2. The first-order chi connectivity index (χ1) is 8.88. The van der Waals surface area contributed by atoms with Crippen molar-refractivity contribution in [3.8, 4) is 0 Å². The number of benzene rings is 1. The summed E-state index contributed by atoms with van der Waals surface area (Å²) in [7, 11) is 0. The molecule has 2 N–H and O–H groups in total. The lowest BCUT2D eigenvalue weighted by molar-refractivity contribution is 0.0899. The van der Waals surface area contributed by atoms with Crippen LogP contribution in [0.25, 0.3) is 0 Å². The van der Waals surface area contributed by atoms with Gasteiger partial charge in [0.15, 0.2) is 0 Å². The van der Waals surface area contributed by atoms with Crippen molar-refractivity contribution in [3.05, 3.63) is 35.4 Å². The molecule has 0 radical (unpaired) electrons. The number of nitrogens with zero attached hydrogens (tertiary/aromatic N) is 1. The summed E-state index contributed by atoms with van der Waals surface area (Å²) in [6, 6.07) is 9.42. The van der Waals surface area contributed by atoms with Crippen LogP contribution in [0.1, 0.15) is 51.2 Å². The minimum Gasteiger partial charge on any atom is -0.327 e. The quantitative estimate of drug-likeness (QED) is 0.919. The predicted molar refractivity (Wildman–Crippen MR) is 89.4 cm³/mol. The molecule has 114 valence electrons. The summed E-state index contributed by atoms with van der Waals surface area (Å²) in [5.74, 6) is 0.612. The highest BCUT2D eigenvalue weighted by Crippen LogP contribution is 2.28. The van der Waals surface area contributed by atoms with Crippen molar-refractivity contribution in [2.24, 2.45) is 11.1 Å². The average Bonchev–Trinajstić information content (AvgIpc) is 2.34. The van der Waals surface area contributed by atoms with Gasteiger partial charge in [-0.25, -0.2) is 0 Å². The molecule has 1 aromatic carbocycles. The van der Waals surface area contributed by atoms with Gasteiger partial charge < -0.3 is 5.73 Å². The van der Waals surface area contributed by atoms with Gasteiger partial charge in [0.05, 0.1) is 0 Å². The highest BCUT2D eigenvalue weighted by molar-refractivity contribution is 5.85. The van der Waals surface area contributed by atoms with Crippen molar-refractivity contribution in [2.45, 2.75) is 52.6 Å². The highest BCUT2D eigenvalue weighted by Gasteiger charge is 2.33. The Bertz CT molecular complexity index is 412. The van der Waals surface area contributed by atoms with Crippen LogP contribution < -0.4 is 5.73 Å². The Labute approximate surface area is 130 Å². The summed E-state index contributed by atoms with van der Waals surface area (Å²) in [5.41, 5.74) is 9.26. The van der Waals surface area contributed by atoms with Crippen molar-refractivity contribution in [1.29, 1.82) is 0 Å². The van der Waals surface area contributed by atoms with Crippen LogP contribution >= 0.6 is 12.4 Å². The minimum absolute atomic E-state index is 0. The molecular weight excluding hydrogens is 268 g/mol. The number of nitrogens with two attached hydrogens (primary N) is 1. The number of likely N-dealkylation sites (tertiary alicyclic amines) is 1. The highest BCUT2D eigenvalue weighted by atomic mass is 35.5. The van der Waals surface area contributed by atoms with Crippen LogP contribution in [0.15, 0.2) is 24.3 Å². The molecule has 1 atom stereocenters. The van der Waals surface area contributed by atoms with Gasteiger partial charge in [-0.3, -0.25) is 4.90 Å². The van der Waals surface area contributed by atoms with Gasteiger partial charge in [0, 0.05) is 25.7 Å². The molecule has 20 heavy (non-hydrogen) atoms. The summed E-state index contributed by atoms with van der Waals surface area (Å²) in [6.45, 7) is 12.3. The zero-order valence-electron chi connectivity index (χ0n) is 13.2. The number of halogens is 1. The third-order valence-corrected chi connectivity index (χ3v) is 4.44. The normalized spacial score (nSPS) is 22.6. The largest absolute Gasteiger partial charge is 0.327 e.